The lowest BCUT2D eigenvalue weighted by atomic mass is 10.3. The van der Waals surface area contributed by atoms with Gasteiger partial charge in [-0.1, -0.05) is 11.6 Å². The van der Waals surface area contributed by atoms with Crippen LogP contribution in [0.4, 0.5) is 11.5 Å². The van der Waals surface area contributed by atoms with Gasteiger partial charge in [-0.2, -0.15) is 0 Å². The van der Waals surface area contributed by atoms with E-state index in [1.165, 1.54) is 19.5 Å². The number of esters is 1. The van der Waals surface area contributed by atoms with Crippen molar-refractivity contribution in [2.75, 3.05) is 12.4 Å². The average Bonchev–Trinajstić information content (AvgIpc) is 2.41. The van der Waals surface area contributed by atoms with Crippen LogP contribution in [0, 0.1) is 3.57 Å². The minimum Gasteiger partial charge on any atom is -0.464 e. The Kier molecular flexibility index (Phi) is 4.54. The first-order chi connectivity index (χ1) is 9.10. The number of anilines is 2. The predicted molar refractivity (Wildman–Crippen MR) is 80.8 cm³/mol. The Hall–Kier alpha value is -1.41. The summed E-state index contributed by atoms with van der Waals surface area (Å²) in [5, 5.41) is 3.57. The van der Waals surface area contributed by atoms with Gasteiger partial charge in [-0.15, -0.1) is 0 Å². The van der Waals surface area contributed by atoms with Crippen molar-refractivity contribution in [3.05, 3.63) is 44.9 Å². The fraction of sp³-hybridized carbons (Fsp3) is 0.0833. The Labute approximate surface area is 128 Å². The van der Waals surface area contributed by atoms with Crippen molar-refractivity contribution in [3.63, 3.8) is 0 Å². The molecule has 0 amide bonds. The molecule has 1 aromatic heterocycles. The molecule has 5 nitrogen and oxygen atoms in total. The van der Waals surface area contributed by atoms with Gasteiger partial charge in [0.15, 0.2) is 5.69 Å². The van der Waals surface area contributed by atoms with Gasteiger partial charge in [0.1, 0.15) is 5.82 Å². The molecule has 1 aromatic carbocycles. The maximum Gasteiger partial charge on any atom is 0.358 e. The second kappa shape index (κ2) is 6.16. The van der Waals surface area contributed by atoms with Gasteiger partial charge < -0.3 is 10.1 Å². The molecule has 0 aliphatic rings. The monoisotopic (exact) mass is 389 g/mol. The van der Waals surface area contributed by atoms with E-state index in [0.717, 1.165) is 3.57 Å². The molecule has 0 spiro atoms. The van der Waals surface area contributed by atoms with E-state index in [0.29, 0.717) is 16.5 Å². The van der Waals surface area contributed by atoms with Crippen molar-refractivity contribution in [3.8, 4) is 0 Å². The maximum absolute atomic E-state index is 11.4. The van der Waals surface area contributed by atoms with Gasteiger partial charge in [-0.3, -0.25) is 4.98 Å². The molecule has 7 heteroatoms. The van der Waals surface area contributed by atoms with Gasteiger partial charge in [0.2, 0.25) is 0 Å². The molecule has 2 rings (SSSR count). The van der Waals surface area contributed by atoms with Gasteiger partial charge in [0, 0.05) is 3.57 Å². The van der Waals surface area contributed by atoms with E-state index in [1.807, 2.05) is 18.2 Å². The van der Waals surface area contributed by atoms with Gasteiger partial charge >= 0.3 is 5.97 Å². The summed E-state index contributed by atoms with van der Waals surface area (Å²) in [6, 6.07) is 5.56. The summed E-state index contributed by atoms with van der Waals surface area (Å²) in [7, 11) is 1.29. The van der Waals surface area contributed by atoms with Crippen molar-refractivity contribution in [1.82, 2.24) is 9.97 Å². The normalized spacial score (nSPS) is 10.1. The number of halogens is 2. The van der Waals surface area contributed by atoms with E-state index in [9.17, 15) is 4.79 Å². The highest BCUT2D eigenvalue weighted by Gasteiger charge is 2.09. The minimum atomic E-state index is -0.537. The third kappa shape index (κ3) is 3.54. The van der Waals surface area contributed by atoms with Gasteiger partial charge in [-0.25, -0.2) is 9.78 Å². The number of nitrogens with zero attached hydrogens (tertiary/aromatic N) is 2. The van der Waals surface area contributed by atoms with Crippen LogP contribution >= 0.6 is 34.2 Å². The summed E-state index contributed by atoms with van der Waals surface area (Å²) in [6.45, 7) is 0. The summed E-state index contributed by atoms with van der Waals surface area (Å²) in [5.41, 5.74) is 0.826. The van der Waals surface area contributed by atoms with Crippen molar-refractivity contribution in [2.45, 2.75) is 0 Å². The molecule has 0 saturated carbocycles. The van der Waals surface area contributed by atoms with Crippen LogP contribution in [0.5, 0.6) is 0 Å². The lowest BCUT2D eigenvalue weighted by Gasteiger charge is -2.08. The van der Waals surface area contributed by atoms with Gasteiger partial charge in [0.25, 0.3) is 0 Å². The molecular formula is C12H9ClIN3O2. The van der Waals surface area contributed by atoms with Gasteiger partial charge in [-0.05, 0) is 40.8 Å². The number of nitrogens with one attached hydrogen (secondary N) is 1. The smallest absolute Gasteiger partial charge is 0.358 e. The third-order valence-electron chi connectivity index (χ3n) is 2.22. The van der Waals surface area contributed by atoms with Crippen LogP contribution in [-0.4, -0.2) is 23.0 Å². The topological polar surface area (TPSA) is 64.1 Å². The second-order valence-electron chi connectivity index (χ2n) is 3.53. The highest BCUT2D eigenvalue weighted by molar-refractivity contribution is 14.1. The number of hydrogen-bond acceptors (Lipinski definition) is 5. The fourth-order valence-electron chi connectivity index (χ4n) is 1.36. The van der Waals surface area contributed by atoms with Crippen LogP contribution in [-0.2, 0) is 4.74 Å². The molecule has 0 fully saturated rings. The summed E-state index contributed by atoms with van der Waals surface area (Å²) < 4.78 is 5.61. The zero-order chi connectivity index (χ0) is 13.8. The standard InChI is InChI=1S/C12H9ClIN3O2/c1-19-12(18)10-5-15-6-11(17-10)16-9-3-2-7(14)4-8(9)13/h2-6H,1H3,(H,16,17). The van der Waals surface area contributed by atoms with Crippen molar-refractivity contribution < 1.29 is 9.53 Å². The number of carbonyl (C=O) groups is 1. The van der Waals surface area contributed by atoms with E-state index >= 15 is 0 Å². The molecule has 0 bridgehead atoms. The Morgan fingerprint density at radius 2 is 2.21 bits per heavy atom. The minimum absolute atomic E-state index is 0.133. The largest absolute Gasteiger partial charge is 0.464 e. The van der Waals surface area contributed by atoms with Gasteiger partial charge in [0.05, 0.1) is 30.2 Å². The number of carbonyl (C=O) groups excluding carboxylic acids is 1. The van der Waals surface area contributed by atoms with E-state index in [4.69, 9.17) is 11.6 Å². The zero-order valence-electron chi connectivity index (χ0n) is 9.85. The highest BCUT2D eigenvalue weighted by Crippen LogP contribution is 2.26. The Morgan fingerprint density at radius 3 is 2.89 bits per heavy atom. The highest BCUT2D eigenvalue weighted by atomic mass is 127. The molecule has 0 saturated heterocycles. The first kappa shape index (κ1) is 14.0. The zero-order valence-corrected chi connectivity index (χ0v) is 12.8. The molecule has 0 unspecified atom stereocenters. The number of aromatic nitrogens is 2. The van der Waals surface area contributed by atoms with E-state index in [1.54, 1.807) is 0 Å². The average molecular weight is 390 g/mol. The van der Waals surface area contributed by atoms with E-state index in [-0.39, 0.29) is 5.69 Å². The number of benzene rings is 1. The van der Waals surface area contributed by atoms with E-state index in [2.05, 4.69) is 42.6 Å². The number of hydrogen-bond donors (Lipinski definition) is 1. The quantitative estimate of drug-likeness (QED) is 0.645. The Bertz CT molecular complexity index is 622. The second-order valence-corrected chi connectivity index (χ2v) is 5.18. The van der Waals surface area contributed by atoms with Crippen LogP contribution in [0.25, 0.3) is 0 Å². The summed E-state index contributed by atoms with van der Waals surface area (Å²) >= 11 is 8.27. The van der Waals surface area contributed by atoms with Crippen LogP contribution in [0.15, 0.2) is 30.6 Å². The fourth-order valence-corrected chi connectivity index (χ4v) is 2.26. The molecule has 1 heterocycles. The van der Waals surface area contributed by atoms with Crippen molar-refractivity contribution >= 4 is 51.7 Å². The first-order valence-electron chi connectivity index (χ1n) is 5.22. The number of rotatable bonds is 3. The predicted octanol–water partition coefficient (Wildman–Crippen LogP) is 3.26. The summed E-state index contributed by atoms with van der Waals surface area (Å²) in [6.07, 6.45) is 2.84. The molecule has 0 radical (unpaired) electrons. The van der Waals surface area contributed by atoms with E-state index < -0.39 is 5.97 Å². The number of methoxy groups -OCH3 is 1. The van der Waals surface area contributed by atoms with Crippen LogP contribution < -0.4 is 5.32 Å². The Morgan fingerprint density at radius 1 is 1.42 bits per heavy atom. The molecule has 1 N–H and O–H groups in total. The van der Waals surface area contributed by atoms with Crippen molar-refractivity contribution in [1.29, 1.82) is 0 Å². The molecule has 19 heavy (non-hydrogen) atoms. The molecule has 98 valence electrons. The summed E-state index contributed by atoms with van der Waals surface area (Å²) in [4.78, 5) is 19.4. The SMILES string of the molecule is COC(=O)c1cncc(Nc2ccc(I)cc2Cl)n1. The lowest BCUT2D eigenvalue weighted by Crippen LogP contribution is -2.06. The molecule has 0 atom stereocenters. The number of ether oxygens (including phenoxy) is 1. The molecule has 0 aliphatic carbocycles. The lowest BCUT2D eigenvalue weighted by molar-refractivity contribution is 0.0593. The first-order valence-corrected chi connectivity index (χ1v) is 6.68. The summed E-state index contributed by atoms with van der Waals surface area (Å²) in [5.74, 6) is -0.115. The molecular weight excluding hydrogens is 381 g/mol. The van der Waals surface area contributed by atoms with Crippen LogP contribution in [0.1, 0.15) is 10.5 Å². The third-order valence-corrected chi connectivity index (χ3v) is 3.21. The van der Waals surface area contributed by atoms with Crippen molar-refractivity contribution in [2.24, 2.45) is 0 Å². The molecule has 2 aromatic rings. The Balaban J connectivity index is 2.26. The molecule has 0 aliphatic heterocycles. The van der Waals surface area contributed by atoms with Crippen LogP contribution in [0.2, 0.25) is 5.02 Å². The van der Waals surface area contributed by atoms with Crippen LogP contribution in [0.3, 0.4) is 0 Å². The maximum atomic E-state index is 11.4.